The van der Waals surface area contributed by atoms with Crippen molar-refractivity contribution in [3.8, 4) is 12.1 Å². The Hall–Kier alpha value is -7.00. The molecule has 60 heavy (non-hydrogen) atoms. The van der Waals surface area contributed by atoms with Crippen molar-refractivity contribution in [2.24, 2.45) is 17.6 Å². The first-order valence-electron chi connectivity index (χ1n) is 18.5. The van der Waals surface area contributed by atoms with Crippen LogP contribution in [0.15, 0.2) is 72.8 Å². The number of amides is 1. The molecule has 1 amide bonds. The number of Topliss-reactive ketones (excluding diaryl/α,β-unsaturated/α-hetero) is 2. The molecule has 4 aromatic rings. The largest absolute Gasteiger partial charge is 0.481 e. The van der Waals surface area contributed by atoms with Gasteiger partial charge in [-0.05, 0) is 101 Å². The highest BCUT2D eigenvalue weighted by atomic mass is 16.4. The van der Waals surface area contributed by atoms with Crippen molar-refractivity contribution in [2.75, 3.05) is 13.1 Å². The number of nitriles is 2. The molecule has 0 aliphatic carbocycles. The van der Waals surface area contributed by atoms with Crippen LogP contribution < -0.4 is 11.1 Å². The van der Waals surface area contributed by atoms with E-state index in [-0.39, 0.29) is 38.5 Å². The standard InChI is InChI=1S/C23H23N3O3.C14H17NO3.C9H8N2O.CH4/c1-14-15(2)21(25-4)10-9-19(14)11-20(16(3)27)23(29)26-13-22(28)18-7-5-17(12-24)6-8-18;1-8-9(2)13(15-4)6-5-11(8)7-12(10(3)16)14(17)18;10-5-7-1-3-8(4-2-7)9(12)6-11;/h5-10,16,20,27H,11,13H2,1-3H3,(H,26,29);5-6,10,12,16H,7H2,1-3H3,(H,17,18);1-4H,6,11H2;1H4/t16-,20+;10-,12+;;/m00../s1. The number of rotatable bonds is 13. The Morgan fingerprint density at radius 3 is 1.38 bits per heavy atom. The van der Waals surface area contributed by atoms with E-state index in [4.69, 9.17) is 34.5 Å². The molecule has 0 aliphatic heterocycles. The van der Waals surface area contributed by atoms with Crippen LogP contribution in [0, 0.1) is 75.3 Å². The summed E-state index contributed by atoms with van der Waals surface area (Å²) in [6, 6.07) is 23.5. The van der Waals surface area contributed by atoms with Crippen molar-refractivity contribution in [1.29, 1.82) is 10.5 Å². The van der Waals surface area contributed by atoms with Gasteiger partial charge in [0.2, 0.25) is 5.91 Å². The molecule has 0 bridgehead atoms. The normalized spacial score (nSPS) is 11.9. The van der Waals surface area contributed by atoms with E-state index in [1.807, 2.05) is 39.8 Å². The van der Waals surface area contributed by atoms with Gasteiger partial charge in [0.05, 0.1) is 73.5 Å². The third-order valence-corrected chi connectivity index (χ3v) is 9.96. The van der Waals surface area contributed by atoms with E-state index in [1.54, 1.807) is 79.7 Å². The fourth-order valence-electron chi connectivity index (χ4n) is 5.81. The molecule has 0 radical (unpaired) electrons. The fraction of sp³-hybridized carbons (Fsp3) is 0.319. The lowest BCUT2D eigenvalue weighted by Gasteiger charge is -2.21. The number of aliphatic hydroxyl groups is 2. The van der Waals surface area contributed by atoms with Crippen LogP contribution in [-0.4, -0.2) is 64.1 Å². The second kappa shape index (κ2) is 24.7. The second-order valence-electron chi connectivity index (χ2n) is 13.8. The summed E-state index contributed by atoms with van der Waals surface area (Å²) in [5.74, 6) is -3.34. The summed E-state index contributed by atoms with van der Waals surface area (Å²) in [6.07, 6.45) is -1.22. The first kappa shape index (κ1) is 51.0. The Labute approximate surface area is 352 Å². The number of carbonyl (C=O) groups excluding carboxylic acids is 3. The van der Waals surface area contributed by atoms with Gasteiger partial charge in [-0.15, -0.1) is 0 Å². The molecule has 4 rings (SSSR count). The molecule has 0 unspecified atom stereocenters. The van der Waals surface area contributed by atoms with E-state index in [0.29, 0.717) is 40.0 Å². The number of hydrogen-bond acceptors (Lipinski definition) is 9. The Bertz CT molecular complexity index is 2310. The van der Waals surface area contributed by atoms with Gasteiger partial charge in [0.1, 0.15) is 0 Å². The molecule has 13 heteroatoms. The van der Waals surface area contributed by atoms with E-state index in [9.17, 15) is 29.4 Å². The maximum atomic E-state index is 12.6. The summed E-state index contributed by atoms with van der Waals surface area (Å²) < 4.78 is 0. The van der Waals surface area contributed by atoms with E-state index in [1.165, 1.54) is 6.92 Å². The van der Waals surface area contributed by atoms with E-state index >= 15 is 0 Å². The number of nitrogens with zero attached hydrogens (tertiary/aromatic N) is 4. The molecule has 4 aromatic carbocycles. The summed E-state index contributed by atoms with van der Waals surface area (Å²) in [5.41, 5.74) is 13.6. The first-order valence-corrected chi connectivity index (χ1v) is 18.5. The lowest BCUT2D eigenvalue weighted by atomic mass is 9.89. The highest BCUT2D eigenvalue weighted by Crippen LogP contribution is 2.28. The van der Waals surface area contributed by atoms with Crippen LogP contribution in [0.2, 0.25) is 0 Å². The molecule has 312 valence electrons. The predicted octanol–water partition coefficient (Wildman–Crippen LogP) is 7.08. The van der Waals surface area contributed by atoms with Gasteiger partial charge >= 0.3 is 5.97 Å². The zero-order chi connectivity index (χ0) is 44.4. The average Bonchev–Trinajstić information content (AvgIpc) is 3.23. The van der Waals surface area contributed by atoms with Gasteiger partial charge in [0.15, 0.2) is 22.9 Å². The van der Waals surface area contributed by atoms with Gasteiger partial charge in [-0.25, -0.2) is 9.69 Å². The molecule has 0 saturated heterocycles. The monoisotopic (exact) mass is 812 g/mol. The maximum Gasteiger partial charge on any atom is 0.309 e. The second-order valence-corrected chi connectivity index (χ2v) is 13.8. The Morgan fingerprint density at radius 1 is 0.667 bits per heavy atom. The van der Waals surface area contributed by atoms with Crippen molar-refractivity contribution in [2.45, 2.75) is 74.0 Å². The van der Waals surface area contributed by atoms with Gasteiger partial charge in [-0.1, -0.05) is 67.1 Å². The van der Waals surface area contributed by atoms with E-state index < -0.39 is 35.9 Å². The molecule has 6 N–H and O–H groups in total. The molecule has 0 aromatic heterocycles. The molecular weight excluding hydrogens is 761 g/mol. The molecule has 0 spiro atoms. The molecule has 0 fully saturated rings. The zero-order valence-corrected chi connectivity index (χ0v) is 33.9. The number of hydrogen-bond donors (Lipinski definition) is 5. The van der Waals surface area contributed by atoms with Crippen molar-refractivity contribution >= 4 is 34.8 Å². The van der Waals surface area contributed by atoms with Crippen molar-refractivity contribution < 1.29 is 34.5 Å². The summed E-state index contributed by atoms with van der Waals surface area (Å²) in [6.45, 7) is 24.5. The lowest BCUT2D eigenvalue weighted by Crippen LogP contribution is -2.40. The zero-order valence-electron chi connectivity index (χ0n) is 33.9. The number of carbonyl (C=O) groups is 4. The Kier molecular flexibility index (Phi) is 21.0. The number of ketones is 2. The van der Waals surface area contributed by atoms with E-state index in [2.05, 4.69) is 15.0 Å². The average molecular weight is 813 g/mol. The summed E-state index contributed by atoms with van der Waals surface area (Å²) >= 11 is 0. The van der Waals surface area contributed by atoms with Crippen molar-refractivity contribution in [3.63, 3.8) is 0 Å². The third kappa shape index (κ3) is 14.4. The van der Waals surface area contributed by atoms with Gasteiger partial charge < -0.3 is 26.4 Å². The SMILES string of the molecule is C.N#Cc1ccc(C(=O)CN)cc1.[C-]#[N+]c1ccc(C[C@@H](C(=O)NCC(=O)c2ccc(C#N)cc2)[C@H](C)O)c(C)c1C.[C-]#[N+]c1ccc(C[C@@H](C(=O)O)[C@H](C)O)c(C)c1C. The van der Waals surface area contributed by atoms with Crippen LogP contribution in [0.25, 0.3) is 9.69 Å². The first-order chi connectivity index (χ1) is 27.9. The number of benzene rings is 4. The molecule has 13 nitrogen and oxygen atoms in total. The Balaban J connectivity index is 0.000000494. The molecule has 0 aliphatic rings. The van der Waals surface area contributed by atoms with Gasteiger partial charge in [-0.3, -0.25) is 19.2 Å². The van der Waals surface area contributed by atoms with Gasteiger partial charge in [0, 0.05) is 11.1 Å². The van der Waals surface area contributed by atoms with Crippen molar-refractivity contribution in [3.05, 3.63) is 151 Å². The number of aliphatic hydroxyl groups excluding tert-OH is 2. The number of nitrogens with one attached hydrogen (secondary N) is 1. The lowest BCUT2D eigenvalue weighted by molar-refractivity contribution is -0.145. The van der Waals surface area contributed by atoms with Gasteiger partial charge in [-0.2, -0.15) is 10.5 Å². The Morgan fingerprint density at radius 2 is 1.05 bits per heavy atom. The van der Waals surface area contributed by atoms with Crippen LogP contribution in [0.3, 0.4) is 0 Å². The minimum absolute atomic E-state index is 0. The number of aliphatic carboxylic acids is 1. The highest BCUT2D eigenvalue weighted by Gasteiger charge is 2.26. The fourth-order valence-corrected chi connectivity index (χ4v) is 5.81. The number of nitrogens with two attached hydrogens (primary N) is 1. The predicted molar refractivity (Wildman–Crippen MR) is 230 cm³/mol. The minimum Gasteiger partial charge on any atom is -0.481 e. The van der Waals surface area contributed by atoms with Gasteiger partial charge in [0.25, 0.3) is 0 Å². The smallest absolute Gasteiger partial charge is 0.309 e. The molecular formula is C47H52N6O7. The molecule has 4 atom stereocenters. The highest BCUT2D eigenvalue weighted by molar-refractivity contribution is 5.99. The molecule has 0 saturated carbocycles. The van der Waals surface area contributed by atoms with Crippen LogP contribution in [0.5, 0.6) is 0 Å². The minimum atomic E-state index is -1.00. The van der Waals surface area contributed by atoms with E-state index in [0.717, 1.165) is 33.4 Å². The number of carboxylic acid groups (broad SMARTS) is 1. The van der Waals surface area contributed by atoms with Crippen molar-refractivity contribution in [1.82, 2.24) is 5.32 Å². The molecule has 0 heterocycles. The maximum absolute atomic E-state index is 12.6. The van der Waals surface area contributed by atoms with Crippen LogP contribution in [0.4, 0.5) is 11.4 Å². The number of carboxylic acids is 1. The summed E-state index contributed by atoms with van der Waals surface area (Å²) in [7, 11) is 0. The van der Waals surface area contributed by atoms with Crippen LogP contribution >= 0.6 is 0 Å². The third-order valence-electron chi connectivity index (χ3n) is 9.96. The summed E-state index contributed by atoms with van der Waals surface area (Å²) in [4.78, 5) is 53.9. The van der Waals surface area contributed by atoms with Crippen LogP contribution in [0.1, 0.15) is 86.5 Å². The summed E-state index contributed by atoms with van der Waals surface area (Å²) in [5, 5.41) is 48.5. The van der Waals surface area contributed by atoms with Crippen LogP contribution in [-0.2, 0) is 22.4 Å². The quantitative estimate of drug-likeness (QED) is 0.0682. The topological polar surface area (TPSA) is 223 Å².